The number of amides is 1. The first kappa shape index (κ1) is 37.3. The standard InChI is InChI=1S/C42H46N4O6Si/c1-42(2,3)53(4,5)52-37(31-18-21-35(47)40-32(31)19-22-38(48)46-40)26-43-25-28-16-20-33-36(24-28)51-39(44-33)14-10-9-11-27-15-17-30(29-12-7-6-8-13-29)34(23-27)45-41(49)50/h6-9,11-13,15-24,37,43,45,47H,10,14,25-26H2,1-5H3,(H,46,48)(H,49,50)/b11-9+/t37-/m1/s1. The molecule has 0 unspecified atom stereocenters. The zero-order valence-corrected chi connectivity index (χ0v) is 31.7. The number of pyridine rings is 1. The predicted molar refractivity (Wildman–Crippen MR) is 214 cm³/mol. The van der Waals surface area contributed by atoms with Gasteiger partial charge in [0.15, 0.2) is 19.8 Å². The monoisotopic (exact) mass is 730 g/mol. The normalized spacial score (nSPS) is 12.8. The van der Waals surface area contributed by atoms with Crippen LogP contribution in [0.25, 0.3) is 39.2 Å². The Hall–Kier alpha value is -5.49. The van der Waals surface area contributed by atoms with E-state index >= 15 is 0 Å². The summed E-state index contributed by atoms with van der Waals surface area (Å²) in [4.78, 5) is 31.0. The van der Waals surface area contributed by atoms with Crippen LogP contribution in [0.1, 0.15) is 55.9 Å². The topological polar surface area (TPSA) is 150 Å². The highest BCUT2D eigenvalue weighted by atomic mass is 28.4. The number of aromatic nitrogens is 2. The number of allylic oxidation sites excluding steroid dienone is 1. The molecule has 0 spiro atoms. The number of benzene rings is 4. The molecular weight excluding hydrogens is 685 g/mol. The molecule has 0 bridgehead atoms. The maximum atomic E-state index is 12.1. The number of phenols is 1. The zero-order chi connectivity index (χ0) is 37.8. The number of hydrogen-bond donors (Lipinski definition) is 5. The molecule has 6 rings (SSSR count). The lowest BCUT2D eigenvalue weighted by Gasteiger charge is -2.39. The molecule has 0 aliphatic heterocycles. The van der Waals surface area contributed by atoms with Crippen LogP contribution in [0.4, 0.5) is 10.5 Å². The summed E-state index contributed by atoms with van der Waals surface area (Å²) in [6.45, 7) is 12.1. The number of carbonyl (C=O) groups is 1. The Bertz CT molecular complexity index is 2320. The fourth-order valence-corrected chi connectivity index (χ4v) is 7.32. The Morgan fingerprint density at radius 3 is 2.57 bits per heavy atom. The van der Waals surface area contributed by atoms with E-state index in [2.05, 4.69) is 54.5 Å². The first-order valence-electron chi connectivity index (χ1n) is 17.8. The number of hydrogen-bond acceptors (Lipinski definition) is 7. The molecule has 0 aliphatic rings. The summed E-state index contributed by atoms with van der Waals surface area (Å²) in [6, 6.07) is 28.1. The number of oxazole rings is 1. The second-order valence-electron chi connectivity index (χ2n) is 14.7. The molecule has 0 fully saturated rings. The minimum Gasteiger partial charge on any atom is -0.506 e. The molecule has 1 atom stereocenters. The summed E-state index contributed by atoms with van der Waals surface area (Å²) in [5.74, 6) is 0.664. The Kier molecular flexibility index (Phi) is 11.0. The SMILES string of the molecule is CC(C)(C)[Si](C)(C)O[C@H](CNCc1ccc2nc(CC/C=C/c3ccc(-c4ccccc4)c(NC(=O)O)c3)oc2c1)c1ccc(O)c2[nH]c(=O)ccc12. The van der Waals surface area contributed by atoms with Gasteiger partial charge in [0.2, 0.25) is 5.56 Å². The van der Waals surface area contributed by atoms with Gasteiger partial charge in [-0.25, -0.2) is 9.78 Å². The molecule has 274 valence electrons. The maximum Gasteiger partial charge on any atom is 0.409 e. The Balaban J connectivity index is 1.11. The van der Waals surface area contributed by atoms with Gasteiger partial charge in [-0.3, -0.25) is 10.1 Å². The highest BCUT2D eigenvalue weighted by Crippen LogP contribution is 2.41. The largest absolute Gasteiger partial charge is 0.506 e. The minimum atomic E-state index is -2.21. The maximum absolute atomic E-state index is 12.1. The summed E-state index contributed by atoms with van der Waals surface area (Å²) in [6.07, 6.45) is 3.87. The predicted octanol–water partition coefficient (Wildman–Crippen LogP) is 9.63. The number of carboxylic acid groups (broad SMARTS) is 1. The summed E-state index contributed by atoms with van der Waals surface area (Å²) < 4.78 is 13.1. The third-order valence-corrected chi connectivity index (χ3v) is 14.3. The second kappa shape index (κ2) is 15.6. The van der Waals surface area contributed by atoms with Crippen LogP contribution in [0.3, 0.4) is 0 Å². The average Bonchev–Trinajstić information content (AvgIpc) is 3.52. The number of nitrogens with one attached hydrogen (secondary N) is 3. The van der Waals surface area contributed by atoms with Gasteiger partial charge in [0.1, 0.15) is 11.3 Å². The fraction of sp³-hybridized carbons (Fsp3) is 0.262. The molecule has 6 aromatic rings. The molecule has 10 nitrogen and oxygen atoms in total. The number of anilines is 1. The first-order valence-corrected chi connectivity index (χ1v) is 20.7. The van der Waals surface area contributed by atoms with Crippen LogP contribution in [-0.2, 0) is 17.4 Å². The van der Waals surface area contributed by atoms with Gasteiger partial charge < -0.3 is 29.4 Å². The van der Waals surface area contributed by atoms with Crippen LogP contribution in [0, 0.1) is 0 Å². The van der Waals surface area contributed by atoms with Crippen molar-refractivity contribution >= 4 is 48.2 Å². The van der Waals surface area contributed by atoms with Crippen molar-refractivity contribution in [1.29, 1.82) is 0 Å². The quantitative estimate of drug-likeness (QED) is 0.0738. The van der Waals surface area contributed by atoms with Crippen molar-refractivity contribution < 1.29 is 23.9 Å². The average molecular weight is 731 g/mol. The van der Waals surface area contributed by atoms with Gasteiger partial charge in [-0.15, -0.1) is 0 Å². The van der Waals surface area contributed by atoms with Crippen molar-refractivity contribution in [2.45, 2.75) is 64.4 Å². The van der Waals surface area contributed by atoms with Crippen LogP contribution in [0.5, 0.6) is 5.75 Å². The van der Waals surface area contributed by atoms with E-state index in [1.165, 1.54) is 6.07 Å². The summed E-state index contributed by atoms with van der Waals surface area (Å²) in [7, 11) is -2.21. The summed E-state index contributed by atoms with van der Waals surface area (Å²) in [5, 5.41) is 26.7. The molecular formula is C42H46N4O6Si. The number of aryl methyl sites for hydroxylation is 1. The van der Waals surface area contributed by atoms with Crippen LogP contribution in [0.2, 0.25) is 18.1 Å². The van der Waals surface area contributed by atoms with Gasteiger partial charge in [-0.05, 0) is 77.1 Å². The van der Waals surface area contributed by atoms with E-state index in [4.69, 9.17) is 8.84 Å². The third-order valence-electron chi connectivity index (χ3n) is 9.86. The van der Waals surface area contributed by atoms with Crippen LogP contribution in [-0.4, -0.2) is 41.1 Å². The Labute approximate surface area is 309 Å². The van der Waals surface area contributed by atoms with Crippen molar-refractivity contribution in [2.75, 3.05) is 11.9 Å². The molecule has 5 N–H and O–H groups in total. The van der Waals surface area contributed by atoms with Crippen molar-refractivity contribution in [1.82, 2.24) is 15.3 Å². The molecule has 11 heteroatoms. The number of rotatable bonds is 13. The lowest BCUT2D eigenvalue weighted by atomic mass is 10.0. The molecule has 0 aliphatic carbocycles. The van der Waals surface area contributed by atoms with Crippen molar-refractivity contribution in [2.24, 2.45) is 0 Å². The number of aromatic hydroxyl groups is 1. The molecule has 2 heterocycles. The molecule has 0 radical (unpaired) electrons. The smallest absolute Gasteiger partial charge is 0.409 e. The highest BCUT2D eigenvalue weighted by molar-refractivity contribution is 6.74. The summed E-state index contributed by atoms with van der Waals surface area (Å²) >= 11 is 0. The van der Waals surface area contributed by atoms with E-state index in [0.717, 1.165) is 38.7 Å². The number of nitrogens with zero attached hydrogens (tertiary/aromatic N) is 1. The van der Waals surface area contributed by atoms with Gasteiger partial charge in [0.05, 0.1) is 17.3 Å². The summed E-state index contributed by atoms with van der Waals surface area (Å²) in [5.41, 5.74) is 6.73. The number of phenolic OH excluding ortho intramolecular Hbond substituents is 1. The molecule has 53 heavy (non-hydrogen) atoms. The van der Waals surface area contributed by atoms with Crippen LogP contribution in [0.15, 0.2) is 106 Å². The molecule has 4 aromatic carbocycles. The van der Waals surface area contributed by atoms with Crippen molar-refractivity contribution in [3.05, 3.63) is 130 Å². The fourth-order valence-electron chi connectivity index (χ4n) is 6.05. The van der Waals surface area contributed by atoms with Crippen molar-refractivity contribution in [3.63, 3.8) is 0 Å². The number of fused-ring (bicyclic) bond motifs is 2. The van der Waals surface area contributed by atoms with E-state index in [9.17, 15) is 19.8 Å². The van der Waals surface area contributed by atoms with Gasteiger partial charge in [-0.2, -0.15) is 0 Å². The number of aromatic amines is 1. The Morgan fingerprint density at radius 2 is 1.81 bits per heavy atom. The van der Waals surface area contributed by atoms with Crippen LogP contribution < -0.4 is 16.2 Å². The highest BCUT2D eigenvalue weighted by Gasteiger charge is 2.39. The van der Waals surface area contributed by atoms with E-state index < -0.39 is 14.4 Å². The van der Waals surface area contributed by atoms with Crippen LogP contribution >= 0.6 is 0 Å². The van der Waals surface area contributed by atoms with E-state index in [0.29, 0.717) is 48.6 Å². The van der Waals surface area contributed by atoms with Gasteiger partial charge in [0.25, 0.3) is 0 Å². The zero-order valence-electron chi connectivity index (χ0n) is 30.7. The lowest BCUT2D eigenvalue weighted by molar-refractivity contribution is 0.181. The van der Waals surface area contributed by atoms with Gasteiger partial charge in [-0.1, -0.05) is 87.5 Å². The lowest BCUT2D eigenvalue weighted by Crippen LogP contribution is -2.43. The molecule has 0 saturated carbocycles. The van der Waals surface area contributed by atoms with Gasteiger partial charge >= 0.3 is 6.09 Å². The van der Waals surface area contributed by atoms with E-state index in [-0.39, 0.29) is 22.5 Å². The van der Waals surface area contributed by atoms with E-state index in [1.54, 1.807) is 12.1 Å². The third kappa shape index (κ3) is 8.94. The molecule has 0 saturated heterocycles. The minimum absolute atomic E-state index is 0.0196. The van der Waals surface area contributed by atoms with Gasteiger partial charge in [0, 0.05) is 36.5 Å². The molecule has 1 amide bonds. The van der Waals surface area contributed by atoms with E-state index in [1.807, 2.05) is 84.9 Å². The Morgan fingerprint density at radius 1 is 1.02 bits per heavy atom. The number of H-pyrrole nitrogens is 1. The second-order valence-corrected chi connectivity index (χ2v) is 19.5. The first-order chi connectivity index (χ1) is 25.3. The van der Waals surface area contributed by atoms with Crippen molar-refractivity contribution in [3.8, 4) is 16.9 Å². The molecule has 2 aromatic heterocycles.